The fraction of sp³-hybridized carbons (Fsp3) is 0.217. The fourth-order valence-corrected chi connectivity index (χ4v) is 3.80. The minimum absolute atomic E-state index is 0.0923. The summed E-state index contributed by atoms with van der Waals surface area (Å²) in [4.78, 5) is 15.6. The topological polar surface area (TPSA) is 49.6 Å². The minimum atomic E-state index is -0.328. The fourth-order valence-electron chi connectivity index (χ4n) is 3.80. The molecule has 0 radical (unpaired) electrons. The lowest BCUT2D eigenvalue weighted by atomic mass is 10.1. The monoisotopic (exact) mass is 373 g/mol. The lowest BCUT2D eigenvalue weighted by Gasteiger charge is -2.33. The third kappa shape index (κ3) is 3.43. The van der Waals surface area contributed by atoms with Crippen molar-refractivity contribution in [1.82, 2.24) is 0 Å². The van der Waals surface area contributed by atoms with Crippen molar-refractivity contribution in [2.45, 2.75) is 20.0 Å². The number of nitro groups is 1. The standard InChI is InChI=1S/C23H23N3O2/c1-17-6-10-20(11-7-17)24-14-15-25(21-12-8-18(2)9-13-21)23(24)19-4-3-5-22(16-19)26(27)28/h3-13,16,23H,14-15H2,1-2H3. The Balaban J connectivity index is 1.79. The predicted molar refractivity (Wildman–Crippen MR) is 113 cm³/mol. The number of aryl methyl sites for hydroxylation is 2. The van der Waals surface area contributed by atoms with Gasteiger partial charge in [-0.1, -0.05) is 47.5 Å². The molecule has 5 heteroatoms. The molecule has 5 nitrogen and oxygen atoms in total. The molecule has 0 bridgehead atoms. The van der Waals surface area contributed by atoms with E-state index in [9.17, 15) is 10.1 Å². The third-order valence-corrected chi connectivity index (χ3v) is 5.28. The summed E-state index contributed by atoms with van der Waals surface area (Å²) in [6, 6.07) is 23.9. The van der Waals surface area contributed by atoms with Crippen LogP contribution in [0.3, 0.4) is 0 Å². The van der Waals surface area contributed by atoms with Gasteiger partial charge in [-0.3, -0.25) is 10.1 Å². The first-order chi connectivity index (χ1) is 13.5. The highest BCUT2D eigenvalue weighted by atomic mass is 16.6. The van der Waals surface area contributed by atoms with Crippen LogP contribution in [-0.2, 0) is 0 Å². The van der Waals surface area contributed by atoms with E-state index in [1.807, 2.05) is 6.07 Å². The second kappa shape index (κ2) is 7.35. The zero-order valence-corrected chi connectivity index (χ0v) is 16.1. The summed E-state index contributed by atoms with van der Waals surface area (Å²) in [5.74, 6) is 0. The largest absolute Gasteiger partial charge is 0.346 e. The van der Waals surface area contributed by atoms with Crippen LogP contribution in [0.15, 0.2) is 72.8 Å². The van der Waals surface area contributed by atoms with Crippen molar-refractivity contribution < 1.29 is 4.92 Å². The van der Waals surface area contributed by atoms with Crippen LogP contribution in [0.5, 0.6) is 0 Å². The van der Waals surface area contributed by atoms with Crippen molar-refractivity contribution in [3.63, 3.8) is 0 Å². The van der Waals surface area contributed by atoms with Gasteiger partial charge < -0.3 is 9.80 Å². The second-order valence-electron chi connectivity index (χ2n) is 7.28. The summed E-state index contributed by atoms with van der Waals surface area (Å²) in [6.45, 7) is 5.85. The maximum Gasteiger partial charge on any atom is 0.269 e. The zero-order chi connectivity index (χ0) is 19.7. The molecule has 142 valence electrons. The summed E-state index contributed by atoms with van der Waals surface area (Å²) in [7, 11) is 0. The first-order valence-electron chi connectivity index (χ1n) is 9.44. The summed E-state index contributed by atoms with van der Waals surface area (Å²) in [5.41, 5.74) is 5.72. The number of non-ortho nitro benzene ring substituents is 1. The van der Waals surface area contributed by atoms with Crippen LogP contribution >= 0.6 is 0 Å². The van der Waals surface area contributed by atoms with Gasteiger partial charge in [0.2, 0.25) is 0 Å². The van der Waals surface area contributed by atoms with Gasteiger partial charge in [-0.2, -0.15) is 0 Å². The number of nitro benzene ring substituents is 1. The molecular weight excluding hydrogens is 350 g/mol. The molecule has 0 aromatic heterocycles. The lowest BCUT2D eigenvalue weighted by molar-refractivity contribution is -0.384. The van der Waals surface area contributed by atoms with E-state index < -0.39 is 0 Å². The maximum atomic E-state index is 11.3. The highest BCUT2D eigenvalue weighted by Gasteiger charge is 2.34. The summed E-state index contributed by atoms with van der Waals surface area (Å²) in [6.07, 6.45) is -0.0923. The Labute approximate surface area is 165 Å². The highest BCUT2D eigenvalue weighted by Crippen LogP contribution is 2.38. The predicted octanol–water partition coefficient (Wildman–Crippen LogP) is 5.24. The van der Waals surface area contributed by atoms with Crippen LogP contribution in [0.2, 0.25) is 0 Å². The SMILES string of the molecule is Cc1ccc(N2CCN(c3ccc(C)cc3)C2c2cccc([N+](=O)[O-])c2)cc1. The van der Waals surface area contributed by atoms with Gasteiger partial charge in [-0.15, -0.1) is 0 Å². The Morgan fingerprint density at radius 3 is 1.79 bits per heavy atom. The molecule has 0 aliphatic carbocycles. The van der Waals surface area contributed by atoms with E-state index in [1.54, 1.807) is 18.2 Å². The molecule has 0 spiro atoms. The Morgan fingerprint density at radius 1 is 0.821 bits per heavy atom. The van der Waals surface area contributed by atoms with Gasteiger partial charge in [0.25, 0.3) is 5.69 Å². The van der Waals surface area contributed by atoms with E-state index in [1.165, 1.54) is 11.1 Å². The van der Waals surface area contributed by atoms with Gasteiger partial charge in [0.1, 0.15) is 6.17 Å². The van der Waals surface area contributed by atoms with Crippen molar-refractivity contribution in [1.29, 1.82) is 0 Å². The van der Waals surface area contributed by atoms with Gasteiger partial charge in [-0.05, 0) is 38.1 Å². The molecule has 0 saturated carbocycles. The third-order valence-electron chi connectivity index (χ3n) is 5.28. The highest BCUT2D eigenvalue weighted by molar-refractivity contribution is 5.60. The molecule has 1 fully saturated rings. The first kappa shape index (κ1) is 18.0. The van der Waals surface area contributed by atoms with Crippen molar-refractivity contribution in [2.24, 2.45) is 0 Å². The van der Waals surface area contributed by atoms with Crippen LogP contribution in [0, 0.1) is 24.0 Å². The molecule has 0 unspecified atom stereocenters. The first-order valence-corrected chi connectivity index (χ1v) is 9.44. The molecule has 28 heavy (non-hydrogen) atoms. The molecule has 1 aliphatic rings. The summed E-state index contributed by atoms with van der Waals surface area (Å²) >= 11 is 0. The summed E-state index contributed by atoms with van der Waals surface area (Å²) in [5, 5.41) is 11.3. The van der Waals surface area contributed by atoms with E-state index in [2.05, 4.69) is 72.2 Å². The molecule has 1 saturated heterocycles. The smallest absolute Gasteiger partial charge is 0.269 e. The molecule has 0 N–H and O–H groups in total. The lowest BCUT2D eigenvalue weighted by Crippen LogP contribution is -2.31. The van der Waals surface area contributed by atoms with Gasteiger partial charge in [0.05, 0.1) is 4.92 Å². The van der Waals surface area contributed by atoms with Gasteiger partial charge in [-0.25, -0.2) is 0 Å². The van der Waals surface area contributed by atoms with Crippen LogP contribution < -0.4 is 9.80 Å². The number of hydrogen-bond donors (Lipinski definition) is 0. The van der Waals surface area contributed by atoms with Gasteiger partial charge in [0, 0.05) is 42.2 Å². The van der Waals surface area contributed by atoms with E-state index in [0.29, 0.717) is 0 Å². The van der Waals surface area contributed by atoms with Crippen molar-refractivity contribution >= 4 is 17.1 Å². The van der Waals surface area contributed by atoms with Crippen LogP contribution in [0.4, 0.5) is 17.1 Å². The molecule has 4 rings (SSSR count). The van der Waals surface area contributed by atoms with Gasteiger partial charge >= 0.3 is 0 Å². The van der Waals surface area contributed by atoms with E-state index >= 15 is 0 Å². The van der Waals surface area contributed by atoms with E-state index in [-0.39, 0.29) is 16.8 Å². The Kier molecular flexibility index (Phi) is 4.74. The number of anilines is 2. The minimum Gasteiger partial charge on any atom is -0.346 e. The van der Waals surface area contributed by atoms with Crippen molar-refractivity contribution in [3.05, 3.63) is 99.6 Å². The maximum absolute atomic E-state index is 11.3. The molecule has 3 aromatic rings. The molecule has 1 aliphatic heterocycles. The zero-order valence-electron chi connectivity index (χ0n) is 16.1. The summed E-state index contributed by atoms with van der Waals surface area (Å²) < 4.78 is 0. The van der Waals surface area contributed by atoms with Crippen LogP contribution in [0.1, 0.15) is 22.9 Å². The number of rotatable bonds is 4. The number of nitrogens with zero attached hydrogens (tertiary/aromatic N) is 3. The average molecular weight is 373 g/mol. The Bertz CT molecular complexity index is 930. The van der Waals surface area contributed by atoms with Crippen molar-refractivity contribution in [2.75, 3.05) is 22.9 Å². The Hall–Kier alpha value is -3.34. The molecular formula is C23H23N3O2. The quantitative estimate of drug-likeness (QED) is 0.464. The number of benzene rings is 3. The average Bonchev–Trinajstić information content (AvgIpc) is 3.14. The van der Waals surface area contributed by atoms with Crippen LogP contribution in [0.25, 0.3) is 0 Å². The molecule has 0 atom stereocenters. The Morgan fingerprint density at radius 2 is 1.32 bits per heavy atom. The van der Waals surface area contributed by atoms with E-state index in [4.69, 9.17) is 0 Å². The van der Waals surface area contributed by atoms with E-state index in [0.717, 1.165) is 30.0 Å². The molecule has 1 heterocycles. The second-order valence-corrected chi connectivity index (χ2v) is 7.28. The molecule has 0 amide bonds. The number of hydrogen-bond acceptors (Lipinski definition) is 4. The van der Waals surface area contributed by atoms with Gasteiger partial charge in [0.15, 0.2) is 0 Å². The molecule has 3 aromatic carbocycles. The van der Waals surface area contributed by atoms with Crippen molar-refractivity contribution in [3.8, 4) is 0 Å². The normalized spacial score (nSPS) is 14.5. The van der Waals surface area contributed by atoms with Crippen LogP contribution in [-0.4, -0.2) is 18.0 Å².